The third-order valence-corrected chi connectivity index (χ3v) is 7.10. The molecule has 2 aromatic carbocycles. The van der Waals surface area contributed by atoms with Crippen LogP contribution in [0.15, 0.2) is 36.4 Å². The zero-order valence-corrected chi connectivity index (χ0v) is 25.8. The van der Waals surface area contributed by atoms with Gasteiger partial charge in [0.1, 0.15) is 17.7 Å². The average molecular weight is 556 g/mol. The van der Waals surface area contributed by atoms with E-state index in [2.05, 4.69) is 10.6 Å². The van der Waals surface area contributed by atoms with E-state index in [1.807, 2.05) is 77.3 Å². The lowest BCUT2D eigenvalue weighted by atomic mass is 9.93. The summed E-state index contributed by atoms with van der Waals surface area (Å²) in [5.41, 5.74) is 4.57. The van der Waals surface area contributed by atoms with Crippen LogP contribution in [0.5, 0.6) is 0 Å². The van der Waals surface area contributed by atoms with Crippen molar-refractivity contribution >= 4 is 35.4 Å². The van der Waals surface area contributed by atoms with E-state index in [9.17, 15) is 14.4 Å². The van der Waals surface area contributed by atoms with Crippen molar-refractivity contribution in [2.24, 2.45) is 0 Å². The normalized spacial score (nSPS) is 12.8. The maximum absolute atomic E-state index is 14.2. The van der Waals surface area contributed by atoms with Crippen molar-refractivity contribution in [2.75, 3.05) is 23.9 Å². The molecule has 0 saturated carbocycles. The molecule has 0 aliphatic rings. The lowest BCUT2D eigenvalue weighted by molar-refractivity contribution is -0.140. The van der Waals surface area contributed by atoms with E-state index in [4.69, 9.17) is 4.74 Å². The highest BCUT2D eigenvalue weighted by Gasteiger charge is 2.37. The topological polar surface area (TPSA) is 87.7 Å². The van der Waals surface area contributed by atoms with Crippen LogP contribution in [0.1, 0.15) is 74.4 Å². The standard InChI is InChI=1S/C31H45N3O4S/c1-10-18-34(29(36)24(17-19-39-9)32-30(37)38-31(6,7)8)27(25-20(2)13-11-14-21(25)3)28(35)33-26-22(4)15-12-16-23(26)5/h11-16,24,27H,10,17-19H2,1-9H3,(H,32,37)(H,33,35). The highest BCUT2D eigenvalue weighted by atomic mass is 32.2. The number of amides is 3. The number of rotatable bonds is 11. The van der Waals surface area contributed by atoms with E-state index in [0.29, 0.717) is 25.1 Å². The number of nitrogens with one attached hydrogen (secondary N) is 2. The molecule has 0 aliphatic carbocycles. The van der Waals surface area contributed by atoms with E-state index < -0.39 is 23.8 Å². The fourth-order valence-electron chi connectivity index (χ4n) is 4.64. The maximum Gasteiger partial charge on any atom is 0.408 e. The van der Waals surface area contributed by atoms with Crippen molar-refractivity contribution < 1.29 is 19.1 Å². The van der Waals surface area contributed by atoms with Crippen molar-refractivity contribution in [3.05, 3.63) is 64.2 Å². The Morgan fingerprint density at radius 1 is 0.949 bits per heavy atom. The zero-order valence-electron chi connectivity index (χ0n) is 24.9. The Morgan fingerprint density at radius 2 is 1.49 bits per heavy atom. The van der Waals surface area contributed by atoms with Crippen molar-refractivity contribution in [3.8, 4) is 0 Å². The molecule has 2 aromatic rings. The van der Waals surface area contributed by atoms with Gasteiger partial charge in [-0.3, -0.25) is 9.59 Å². The Labute approximate surface area is 238 Å². The van der Waals surface area contributed by atoms with E-state index in [-0.39, 0.29) is 11.8 Å². The molecule has 2 rings (SSSR count). The van der Waals surface area contributed by atoms with Gasteiger partial charge in [-0.1, -0.05) is 43.3 Å². The number of benzene rings is 2. The molecule has 39 heavy (non-hydrogen) atoms. The number of para-hydroxylation sites is 1. The van der Waals surface area contributed by atoms with Gasteiger partial charge in [-0.15, -0.1) is 0 Å². The average Bonchev–Trinajstić information content (AvgIpc) is 2.83. The molecule has 0 saturated heterocycles. The van der Waals surface area contributed by atoms with Crippen LogP contribution in [0.2, 0.25) is 0 Å². The van der Waals surface area contributed by atoms with Gasteiger partial charge in [-0.05, 0) is 101 Å². The minimum Gasteiger partial charge on any atom is -0.444 e. The predicted molar refractivity (Wildman–Crippen MR) is 161 cm³/mol. The second-order valence-electron chi connectivity index (χ2n) is 11.0. The van der Waals surface area contributed by atoms with Gasteiger partial charge in [-0.2, -0.15) is 11.8 Å². The Morgan fingerprint density at radius 3 is 1.97 bits per heavy atom. The fourth-order valence-corrected chi connectivity index (χ4v) is 5.11. The van der Waals surface area contributed by atoms with Gasteiger partial charge in [0.15, 0.2) is 0 Å². The molecule has 2 N–H and O–H groups in total. The highest BCUT2D eigenvalue weighted by molar-refractivity contribution is 7.98. The molecule has 8 heteroatoms. The summed E-state index contributed by atoms with van der Waals surface area (Å²) in [6.07, 6.45) is 2.36. The number of carbonyl (C=O) groups is 3. The predicted octanol–water partition coefficient (Wildman–Crippen LogP) is 6.49. The van der Waals surface area contributed by atoms with Crippen molar-refractivity contribution in [3.63, 3.8) is 0 Å². The second kappa shape index (κ2) is 14.4. The van der Waals surface area contributed by atoms with Gasteiger partial charge < -0.3 is 20.3 Å². The first-order chi connectivity index (χ1) is 18.3. The van der Waals surface area contributed by atoms with Gasteiger partial charge in [0.25, 0.3) is 5.91 Å². The van der Waals surface area contributed by atoms with Gasteiger partial charge in [0, 0.05) is 12.2 Å². The number of nitrogens with zero attached hydrogens (tertiary/aromatic N) is 1. The van der Waals surface area contributed by atoms with Crippen LogP contribution in [0.4, 0.5) is 10.5 Å². The smallest absolute Gasteiger partial charge is 0.408 e. The van der Waals surface area contributed by atoms with Gasteiger partial charge in [0.05, 0.1) is 0 Å². The molecular weight excluding hydrogens is 510 g/mol. The van der Waals surface area contributed by atoms with E-state index >= 15 is 0 Å². The van der Waals surface area contributed by atoms with E-state index in [1.165, 1.54) is 0 Å². The largest absolute Gasteiger partial charge is 0.444 e. The Hall–Kier alpha value is -3.00. The molecule has 7 nitrogen and oxygen atoms in total. The lowest BCUT2D eigenvalue weighted by Gasteiger charge is -2.36. The summed E-state index contributed by atoms with van der Waals surface area (Å²) in [6, 6.07) is 10.0. The number of alkyl carbamates (subject to hydrolysis) is 1. The van der Waals surface area contributed by atoms with Gasteiger partial charge >= 0.3 is 6.09 Å². The monoisotopic (exact) mass is 555 g/mol. The van der Waals surface area contributed by atoms with Crippen LogP contribution in [-0.2, 0) is 14.3 Å². The number of thioether (sulfide) groups is 1. The van der Waals surface area contributed by atoms with Gasteiger partial charge in [-0.25, -0.2) is 4.79 Å². The van der Waals surface area contributed by atoms with Crippen LogP contribution < -0.4 is 10.6 Å². The lowest BCUT2D eigenvalue weighted by Crippen LogP contribution is -2.53. The molecule has 2 atom stereocenters. The number of anilines is 1. The number of aryl methyl sites for hydroxylation is 4. The number of hydrogen-bond acceptors (Lipinski definition) is 5. The summed E-state index contributed by atoms with van der Waals surface area (Å²) in [4.78, 5) is 42.8. The molecule has 0 fully saturated rings. The van der Waals surface area contributed by atoms with E-state index in [0.717, 1.165) is 33.5 Å². The van der Waals surface area contributed by atoms with Crippen molar-refractivity contribution in [1.82, 2.24) is 10.2 Å². The zero-order chi connectivity index (χ0) is 29.3. The molecule has 0 aliphatic heterocycles. The summed E-state index contributed by atoms with van der Waals surface area (Å²) >= 11 is 1.59. The summed E-state index contributed by atoms with van der Waals surface area (Å²) in [5.74, 6) is 0.0722. The van der Waals surface area contributed by atoms with Crippen LogP contribution >= 0.6 is 11.8 Å². The Kier molecular flexibility index (Phi) is 11.9. The number of hydrogen-bond donors (Lipinski definition) is 2. The first-order valence-electron chi connectivity index (χ1n) is 13.5. The summed E-state index contributed by atoms with van der Waals surface area (Å²) in [7, 11) is 0. The molecule has 0 aromatic heterocycles. The van der Waals surface area contributed by atoms with Crippen LogP contribution in [0.3, 0.4) is 0 Å². The van der Waals surface area contributed by atoms with Crippen molar-refractivity contribution in [1.29, 1.82) is 0 Å². The van der Waals surface area contributed by atoms with Crippen molar-refractivity contribution in [2.45, 2.75) is 85.9 Å². The molecule has 0 radical (unpaired) electrons. The SMILES string of the molecule is CCCN(C(=O)C(CCSC)NC(=O)OC(C)(C)C)C(C(=O)Nc1c(C)cccc1C)c1c(C)cccc1C. The van der Waals surface area contributed by atoms with Crippen LogP contribution in [0.25, 0.3) is 0 Å². The first kappa shape index (κ1) is 32.2. The minimum absolute atomic E-state index is 0.285. The third kappa shape index (κ3) is 9.02. The van der Waals surface area contributed by atoms with E-state index in [1.54, 1.807) is 37.4 Å². The molecule has 214 valence electrons. The first-order valence-corrected chi connectivity index (χ1v) is 14.9. The van der Waals surface area contributed by atoms with Crippen LogP contribution in [0, 0.1) is 27.7 Å². The number of ether oxygens (including phenoxy) is 1. The minimum atomic E-state index is -0.880. The highest BCUT2D eigenvalue weighted by Crippen LogP contribution is 2.31. The third-order valence-electron chi connectivity index (χ3n) is 6.45. The quantitative estimate of drug-likeness (QED) is 0.331. The second-order valence-corrected chi connectivity index (χ2v) is 12.0. The molecule has 2 unspecified atom stereocenters. The maximum atomic E-state index is 14.2. The van der Waals surface area contributed by atoms with Crippen LogP contribution in [-0.4, -0.2) is 53.0 Å². The Bertz CT molecular complexity index is 1120. The molecule has 0 heterocycles. The molecular formula is C31H45N3O4S. The summed E-state index contributed by atoms with van der Waals surface area (Å²) in [6.45, 7) is 15.5. The molecule has 3 amide bonds. The van der Waals surface area contributed by atoms with Gasteiger partial charge in [0.2, 0.25) is 5.91 Å². The molecule has 0 bridgehead atoms. The fraction of sp³-hybridized carbons (Fsp3) is 0.516. The molecule has 0 spiro atoms. The summed E-state index contributed by atoms with van der Waals surface area (Å²) < 4.78 is 5.47. The number of carbonyl (C=O) groups excluding carboxylic acids is 3. The summed E-state index contributed by atoms with van der Waals surface area (Å²) in [5, 5.41) is 5.92. The Balaban J connectivity index is 2.59.